The van der Waals surface area contributed by atoms with Crippen LogP contribution in [0.2, 0.25) is 0 Å². The third-order valence-corrected chi connectivity index (χ3v) is 3.22. The molecule has 1 aromatic heterocycles. The van der Waals surface area contributed by atoms with E-state index >= 15 is 0 Å². The van der Waals surface area contributed by atoms with Crippen LogP contribution in [0.4, 0.5) is 13.2 Å². The van der Waals surface area contributed by atoms with Crippen LogP contribution in [0.25, 0.3) is 0 Å². The van der Waals surface area contributed by atoms with Crippen molar-refractivity contribution in [3.05, 3.63) is 21.4 Å². The lowest BCUT2D eigenvalue weighted by atomic mass is 10.2. The van der Waals surface area contributed by atoms with Crippen molar-refractivity contribution in [3.63, 3.8) is 0 Å². The fourth-order valence-corrected chi connectivity index (χ4v) is 2.51. The Morgan fingerprint density at radius 3 is 2.32 bits per heavy atom. The predicted molar refractivity (Wildman–Crippen MR) is 63.4 cm³/mol. The summed E-state index contributed by atoms with van der Waals surface area (Å²) in [6.07, 6.45) is -4.63. The van der Waals surface area contributed by atoms with Crippen LogP contribution in [0.5, 0.6) is 0 Å². The van der Waals surface area contributed by atoms with Crippen molar-refractivity contribution in [1.29, 1.82) is 0 Å². The van der Waals surface area contributed by atoms with Gasteiger partial charge in [0.1, 0.15) is 13.1 Å². The summed E-state index contributed by atoms with van der Waals surface area (Å²) in [5.74, 6) is -2.40. The standard InChI is InChI=1S/C11H12F3NO3S/c1-6-3-8(7(2)19-6)10(18)15(4-9(16)17)5-11(12,13)14/h3H,4-5H2,1-2H3,(H,16,17). The molecule has 106 valence electrons. The van der Waals surface area contributed by atoms with Crippen molar-refractivity contribution in [3.8, 4) is 0 Å². The summed E-state index contributed by atoms with van der Waals surface area (Å²) in [4.78, 5) is 24.2. The van der Waals surface area contributed by atoms with Gasteiger partial charge in [-0.3, -0.25) is 9.59 Å². The van der Waals surface area contributed by atoms with Gasteiger partial charge in [0.25, 0.3) is 5.91 Å². The molecular weight excluding hydrogens is 283 g/mol. The number of carbonyl (C=O) groups excluding carboxylic acids is 1. The number of carboxylic acid groups (broad SMARTS) is 1. The Kier molecular flexibility index (Phi) is 4.56. The maximum atomic E-state index is 12.4. The highest BCUT2D eigenvalue weighted by atomic mass is 32.1. The molecule has 4 nitrogen and oxygen atoms in total. The van der Waals surface area contributed by atoms with Gasteiger partial charge in [-0.2, -0.15) is 13.2 Å². The van der Waals surface area contributed by atoms with E-state index in [1.54, 1.807) is 13.8 Å². The summed E-state index contributed by atoms with van der Waals surface area (Å²) >= 11 is 1.28. The highest BCUT2D eigenvalue weighted by Gasteiger charge is 2.34. The summed E-state index contributed by atoms with van der Waals surface area (Å²) in [6.45, 7) is 0.774. The number of amides is 1. The maximum absolute atomic E-state index is 12.4. The van der Waals surface area contributed by atoms with Crippen molar-refractivity contribution < 1.29 is 27.9 Å². The number of aliphatic carboxylic acids is 1. The zero-order valence-electron chi connectivity index (χ0n) is 10.2. The molecule has 0 radical (unpaired) electrons. The highest BCUT2D eigenvalue weighted by molar-refractivity contribution is 7.12. The maximum Gasteiger partial charge on any atom is 0.406 e. The molecule has 0 aromatic carbocycles. The van der Waals surface area contributed by atoms with Gasteiger partial charge in [0.05, 0.1) is 5.56 Å². The van der Waals surface area contributed by atoms with Gasteiger partial charge in [0.2, 0.25) is 0 Å². The van der Waals surface area contributed by atoms with E-state index < -0.39 is 31.1 Å². The molecule has 0 atom stereocenters. The second-order valence-electron chi connectivity index (χ2n) is 4.00. The van der Waals surface area contributed by atoms with E-state index in [9.17, 15) is 22.8 Å². The molecule has 0 spiro atoms. The van der Waals surface area contributed by atoms with Crippen LogP contribution in [0.3, 0.4) is 0 Å². The lowest BCUT2D eigenvalue weighted by Crippen LogP contribution is -2.42. The summed E-state index contributed by atoms with van der Waals surface area (Å²) in [7, 11) is 0. The Hall–Kier alpha value is -1.57. The summed E-state index contributed by atoms with van der Waals surface area (Å²) in [5, 5.41) is 8.59. The van der Waals surface area contributed by atoms with Gasteiger partial charge in [0, 0.05) is 9.75 Å². The zero-order valence-corrected chi connectivity index (χ0v) is 11.1. The topological polar surface area (TPSA) is 57.6 Å². The monoisotopic (exact) mass is 295 g/mol. The quantitative estimate of drug-likeness (QED) is 0.928. The molecule has 1 rings (SSSR count). The number of hydrogen-bond donors (Lipinski definition) is 1. The van der Waals surface area contributed by atoms with Crippen molar-refractivity contribution in [2.75, 3.05) is 13.1 Å². The third kappa shape index (κ3) is 4.55. The second-order valence-corrected chi connectivity index (χ2v) is 5.46. The molecule has 1 amide bonds. The molecule has 0 aliphatic carbocycles. The molecule has 8 heteroatoms. The average molecular weight is 295 g/mol. The van der Waals surface area contributed by atoms with E-state index in [1.165, 1.54) is 17.4 Å². The Labute approximate surface area is 111 Å². The number of rotatable bonds is 4. The minimum atomic E-state index is -4.63. The average Bonchev–Trinajstić information content (AvgIpc) is 2.53. The molecule has 0 aliphatic rings. The second kappa shape index (κ2) is 5.60. The largest absolute Gasteiger partial charge is 0.480 e. The third-order valence-electron chi connectivity index (χ3n) is 2.25. The Balaban J connectivity index is 3.00. The van der Waals surface area contributed by atoms with Crippen LogP contribution in [-0.4, -0.2) is 41.1 Å². The summed E-state index contributed by atoms with van der Waals surface area (Å²) in [6, 6.07) is 1.47. The minimum Gasteiger partial charge on any atom is -0.480 e. The van der Waals surface area contributed by atoms with Crippen LogP contribution < -0.4 is 0 Å². The molecule has 1 heterocycles. The number of carbonyl (C=O) groups is 2. The molecule has 0 fully saturated rings. The lowest BCUT2D eigenvalue weighted by Gasteiger charge is -2.22. The van der Waals surface area contributed by atoms with Crippen molar-refractivity contribution in [2.45, 2.75) is 20.0 Å². The smallest absolute Gasteiger partial charge is 0.406 e. The highest BCUT2D eigenvalue weighted by Crippen LogP contribution is 2.24. The molecule has 1 aromatic rings. The molecule has 0 bridgehead atoms. The molecule has 0 aliphatic heterocycles. The number of alkyl halides is 3. The van der Waals surface area contributed by atoms with Gasteiger partial charge < -0.3 is 10.0 Å². The number of aryl methyl sites for hydroxylation is 2. The van der Waals surface area contributed by atoms with Gasteiger partial charge >= 0.3 is 12.1 Å². The van der Waals surface area contributed by atoms with Crippen LogP contribution in [0.15, 0.2) is 6.07 Å². The van der Waals surface area contributed by atoms with Crippen LogP contribution in [0, 0.1) is 13.8 Å². The number of hydrogen-bond acceptors (Lipinski definition) is 3. The Morgan fingerprint density at radius 2 is 1.95 bits per heavy atom. The van der Waals surface area contributed by atoms with Gasteiger partial charge in [-0.05, 0) is 19.9 Å². The number of thiophene rings is 1. The molecule has 0 unspecified atom stereocenters. The van der Waals surface area contributed by atoms with Crippen LogP contribution >= 0.6 is 11.3 Å². The SMILES string of the molecule is Cc1cc(C(=O)N(CC(=O)O)CC(F)(F)F)c(C)s1. The van der Waals surface area contributed by atoms with Crippen molar-refractivity contribution in [1.82, 2.24) is 4.90 Å². The number of halogens is 3. The Bertz CT molecular complexity index is 496. The van der Waals surface area contributed by atoms with Gasteiger partial charge in [-0.15, -0.1) is 11.3 Å². The number of nitrogens with zero attached hydrogens (tertiary/aromatic N) is 1. The number of carboxylic acids is 1. The fourth-order valence-electron chi connectivity index (χ4n) is 1.59. The van der Waals surface area contributed by atoms with Gasteiger partial charge in [-0.25, -0.2) is 0 Å². The van der Waals surface area contributed by atoms with E-state index in [0.29, 0.717) is 4.88 Å². The first-order chi connectivity index (χ1) is 8.60. The lowest BCUT2D eigenvalue weighted by molar-refractivity contribution is -0.149. The first-order valence-electron chi connectivity index (χ1n) is 5.25. The van der Waals surface area contributed by atoms with Gasteiger partial charge in [-0.1, -0.05) is 0 Å². The fraction of sp³-hybridized carbons (Fsp3) is 0.455. The molecular formula is C11H12F3NO3S. The molecule has 0 saturated carbocycles. The van der Waals surface area contributed by atoms with Crippen LogP contribution in [-0.2, 0) is 4.79 Å². The Morgan fingerprint density at radius 1 is 1.37 bits per heavy atom. The van der Waals surface area contributed by atoms with E-state index in [4.69, 9.17) is 5.11 Å². The molecule has 1 N–H and O–H groups in total. The van der Waals surface area contributed by atoms with Crippen molar-refractivity contribution >= 4 is 23.2 Å². The van der Waals surface area contributed by atoms with Crippen molar-refractivity contribution in [2.24, 2.45) is 0 Å². The van der Waals surface area contributed by atoms with Gasteiger partial charge in [0.15, 0.2) is 0 Å². The van der Waals surface area contributed by atoms with Crippen LogP contribution in [0.1, 0.15) is 20.1 Å². The minimum absolute atomic E-state index is 0.119. The normalized spacial score (nSPS) is 11.4. The van der Waals surface area contributed by atoms with E-state index in [1.807, 2.05) is 0 Å². The zero-order chi connectivity index (χ0) is 14.8. The first-order valence-corrected chi connectivity index (χ1v) is 6.06. The predicted octanol–water partition coefficient (Wildman–Crippen LogP) is 2.45. The summed E-state index contributed by atoms with van der Waals surface area (Å²) < 4.78 is 37.1. The first kappa shape index (κ1) is 15.5. The summed E-state index contributed by atoms with van der Waals surface area (Å²) in [5.41, 5.74) is 0.119. The van der Waals surface area contributed by atoms with E-state index in [0.717, 1.165) is 4.88 Å². The molecule has 0 saturated heterocycles. The van der Waals surface area contributed by atoms with E-state index in [-0.39, 0.29) is 10.5 Å². The van der Waals surface area contributed by atoms with E-state index in [2.05, 4.69) is 0 Å². The molecule has 19 heavy (non-hydrogen) atoms.